The molecule has 0 heterocycles. The molecule has 0 radical (unpaired) electrons. The van der Waals surface area contributed by atoms with Crippen molar-refractivity contribution in [2.24, 2.45) is 0 Å². The maximum atomic E-state index is 9.00. The van der Waals surface area contributed by atoms with Crippen LogP contribution in [0.15, 0.2) is 18.2 Å². The Morgan fingerprint density at radius 1 is 1.33 bits per heavy atom. The largest absolute Gasteiger partial charge is 0.381 e. The number of anilines is 1. The Labute approximate surface area is 94.9 Å². The second-order valence-electron chi connectivity index (χ2n) is 3.90. The van der Waals surface area contributed by atoms with Crippen LogP contribution in [0.2, 0.25) is 5.02 Å². The second-order valence-corrected chi connectivity index (χ2v) is 4.31. The molecule has 0 amide bonds. The van der Waals surface area contributed by atoms with E-state index in [4.69, 9.17) is 16.9 Å². The van der Waals surface area contributed by atoms with Crippen LogP contribution in [-0.2, 0) is 0 Å². The monoisotopic (exact) mass is 220 g/mol. The van der Waals surface area contributed by atoms with Crippen molar-refractivity contribution in [2.75, 3.05) is 5.32 Å². The molecule has 0 bridgehead atoms. The van der Waals surface area contributed by atoms with E-state index < -0.39 is 0 Å². The van der Waals surface area contributed by atoms with Gasteiger partial charge in [-0.2, -0.15) is 5.26 Å². The van der Waals surface area contributed by atoms with Crippen molar-refractivity contribution >= 4 is 17.3 Å². The molecule has 2 nitrogen and oxygen atoms in total. The molecular formula is C12H13ClN2. The Kier molecular flexibility index (Phi) is 3.13. The maximum Gasteiger partial charge on any atom is 0.103 e. The van der Waals surface area contributed by atoms with Crippen molar-refractivity contribution in [2.45, 2.75) is 31.7 Å². The van der Waals surface area contributed by atoms with E-state index in [1.165, 1.54) is 25.7 Å². The Balaban J connectivity index is 2.20. The quantitative estimate of drug-likeness (QED) is 0.827. The smallest absolute Gasteiger partial charge is 0.103 e. The Bertz CT molecular complexity index is 389. The van der Waals surface area contributed by atoms with Gasteiger partial charge in [0, 0.05) is 6.04 Å². The highest BCUT2D eigenvalue weighted by Gasteiger charge is 2.16. The van der Waals surface area contributed by atoms with Gasteiger partial charge in [-0.3, -0.25) is 0 Å². The molecule has 1 saturated carbocycles. The lowest BCUT2D eigenvalue weighted by Crippen LogP contribution is -2.15. The molecule has 15 heavy (non-hydrogen) atoms. The number of nitriles is 1. The van der Waals surface area contributed by atoms with Crippen LogP contribution in [0.3, 0.4) is 0 Å². The highest BCUT2D eigenvalue weighted by molar-refractivity contribution is 6.32. The first-order chi connectivity index (χ1) is 7.31. The van der Waals surface area contributed by atoms with Gasteiger partial charge in [0.1, 0.15) is 6.07 Å². The summed E-state index contributed by atoms with van der Waals surface area (Å²) in [6.45, 7) is 0. The molecule has 0 unspecified atom stereocenters. The number of hydrogen-bond donors (Lipinski definition) is 1. The lowest BCUT2D eigenvalue weighted by Gasteiger charge is -2.14. The third kappa shape index (κ3) is 2.24. The van der Waals surface area contributed by atoms with Crippen LogP contribution in [-0.4, -0.2) is 6.04 Å². The standard InChI is InChI=1S/C12H13ClN2/c13-11-6-3-7-12(10(11)8-14)15-9-4-1-2-5-9/h3,6-7,9,15H,1-2,4-5H2. The summed E-state index contributed by atoms with van der Waals surface area (Å²) in [4.78, 5) is 0. The molecule has 78 valence electrons. The summed E-state index contributed by atoms with van der Waals surface area (Å²) < 4.78 is 0. The Hall–Kier alpha value is -1.20. The van der Waals surface area contributed by atoms with Crippen molar-refractivity contribution in [3.05, 3.63) is 28.8 Å². The molecule has 1 aliphatic rings. The van der Waals surface area contributed by atoms with Gasteiger partial charge in [-0.05, 0) is 25.0 Å². The first-order valence-electron chi connectivity index (χ1n) is 5.26. The molecule has 2 rings (SSSR count). The summed E-state index contributed by atoms with van der Waals surface area (Å²) in [5.41, 5.74) is 1.43. The van der Waals surface area contributed by atoms with Gasteiger partial charge in [-0.1, -0.05) is 30.5 Å². The fourth-order valence-electron chi connectivity index (χ4n) is 2.05. The molecule has 3 heteroatoms. The third-order valence-corrected chi connectivity index (χ3v) is 3.16. The van der Waals surface area contributed by atoms with Crippen LogP contribution < -0.4 is 5.32 Å². The molecule has 1 aromatic rings. The Morgan fingerprint density at radius 3 is 2.73 bits per heavy atom. The minimum Gasteiger partial charge on any atom is -0.381 e. The van der Waals surface area contributed by atoms with Gasteiger partial charge < -0.3 is 5.32 Å². The highest BCUT2D eigenvalue weighted by Crippen LogP contribution is 2.27. The zero-order valence-electron chi connectivity index (χ0n) is 8.46. The fraction of sp³-hybridized carbons (Fsp3) is 0.417. The summed E-state index contributed by atoms with van der Waals surface area (Å²) >= 11 is 5.95. The molecule has 1 aromatic carbocycles. The first-order valence-corrected chi connectivity index (χ1v) is 5.64. The van der Waals surface area contributed by atoms with E-state index in [1.54, 1.807) is 6.07 Å². The average molecular weight is 221 g/mol. The van der Waals surface area contributed by atoms with E-state index in [1.807, 2.05) is 12.1 Å². The summed E-state index contributed by atoms with van der Waals surface area (Å²) in [7, 11) is 0. The van der Waals surface area contributed by atoms with Crippen molar-refractivity contribution < 1.29 is 0 Å². The van der Waals surface area contributed by atoms with Crippen molar-refractivity contribution in [3.8, 4) is 6.07 Å². The van der Waals surface area contributed by atoms with Crippen molar-refractivity contribution in [3.63, 3.8) is 0 Å². The van der Waals surface area contributed by atoms with Gasteiger partial charge >= 0.3 is 0 Å². The first kappa shape index (κ1) is 10.3. The molecule has 0 aromatic heterocycles. The minimum atomic E-state index is 0.510. The number of rotatable bonds is 2. The minimum absolute atomic E-state index is 0.510. The summed E-state index contributed by atoms with van der Waals surface area (Å²) in [6, 6.07) is 8.20. The van der Waals surface area contributed by atoms with E-state index in [-0.39, 0.29) is 0 Å². The van der Waals surface area contributed by atoms with E-state index >= 15 is 0 Å². The molecule has 1 aliphatic carbocycles. The SMILES string of the molecule is N#Cc1c(Cl)cccc1NC1CCCC1. The summed E-state index contributed by atoms with van der Waals surface area (Å²) in [5, 5.41) is 12.9. The third-order valence-electron chi connectivity index (χ3n) is 2.84. The van der Waals surface area contributed by atoms with Gasteiger partial charge in [-0.25, -0.2) is 0 Å². The van der Waals surface area contributed by atoms with Crippen LogP contribution in [0.25, 0.3) is 0 Å². The molecular weight excluding hydrogens is 208 g/mol. The summed E-state index contributed by atoms with van der Waals surface area (Å²) in [6.07, 6.45) is 4.94. The molecule has 1 N–H and O–H groups in total. The van der Waals surface area contributed by atoms with Gasteiger partial charge in [0.25, 0.3) is 0 Å². The topological polar surface area (TPSA) is 35.8 Å². The normalized spacial score (nSPS) is 16.3. The number of benzene rings is 1. The maximum absolute atomic E-state index is 9.00. The predicted molar refractivity (Wildman–Crippen MR) is 62.0 cm³/mol. The van der Waals surface area contributed by atoms with E-state index in [0.29, 0.717) is 16.6 Å². The molecule has 0 atom stereocenters. The van der Waals surface area contributed by atoms with Gasteiger partial charge in [0.2, 0.25) is 0 Å². The van der Waals surface area contributed by atoms with Crippen LogP contribution in [0.1, 0.15) is 31.2 Å². The highest BCUT2D eigenvalue weighted by atomic mass is 35.5. The number of halogens is 1. The number of nitrogens with one attached hydrogen (secondary N) is 1. The van der Waals surface area contributed by atoms with E-state index in [2.05, 4.69) is 11.4 Å². The van der Waals surface area contributed by atoms with Crippen LogP contribution in [0, 0.1) is 11.3 Å². The Morgan fingerprint density at radius 2 is 2.07 bits per heavy atom. The number of nitrogens with zero attached hydrogens (tertiary/aromatic N) is 1. The van der Waals surface area contributed by atoms with Crippen LogP contribution in [0.5, 0.6) is 0 Å². The van der Waals surface area contributed by atoms with Crippen LogP contribution in [0.4, 0.5) is 5.69 Å². The van der Waals surface area contributed by atoms with Crippen molar-refractivity contribution in [1.82, 2.24) is 0 Å². The van der Waals surface area contributed by atoms with Gasteiger partial charge in [0.05, 0.1) is 16.3 Å². The predicted octanol–water partition coefficient (Wildman–Crippen LogP) is 3.57. The van der Waals surface area contributed by atoms with Gasteiger partial charge in [0.15, 0.2) is 0 Å². The zero-order valence-corrected chi connectivity index (χ0v) is 9.22. The molecule has 0 aliphatic heterocycles. The second kappa shape index (κ2) is 4.55. The van der Waals surface area contributed by atoms with Crippen molar-refractivity contribution in [1.29, 1.82) is 5.26 Å². The lowest BCUT2D eigenvalue weighted by molar-refractivity contribution is 0.755. The van der Waals surface area contributed by atoms with E-state index in [9.17, 15) is 0 Å². The molecule has 0 spiro atoms. The van der Waals surface area contributed by atoms with E-state index in [0.717, 1.165) is 5.69 Å². The summed E-state index contributed by atoms with van der Waals surface area (Å²) in [5.74, 6) is 0. The number of hydrogen-bond acceptors (Lipinski definition) is 2. The zero-order chi connectivity index (χ0) is 10.7. The lowest BCUT2D eigenvalue weighted by atomic mass is 10.1. The molecule has 1 fully saturated rings. The average Bonchev–Trinajstić information content (AvgIpc) is 2.71. The van der Waals surface area contributed by atoms with Crippen LogP contribution >= 0.6 is 11.6 Å². The fourth-order valence-corrected chi connectivity index (χ4v) is 2.26. The molecule has 0 saturated heterocycles. The van der Waals surface area contributed by atoms with Gasteiger partial charge in [-0.15, -0.1) is 0 Å².